The monoisotopic (exact) mass is 490 g/mol. The highest BCUT2D eigenvalue weighted by Gasteiger charge is 2.22. The van der Waals surface area contributed by atoms with E-state index in [2.05, 4.69) is 37.2 Å². The lowest BCUT2D eigenvalue weighted by atomic mass is 10.1. The number of carbonyl (C=O) groups excluding carboxylic acids is 2. The van der Waals surface area contributed by atoms with Crippen LogP contribution in [0.25, 0.3) is 0 Å². The van der Waals surface area contributed by atoms with Gasteiger partial charge >= 0.3 is 0 Å². The number of halogens is 2. The lowest BCUT2D eigenvalue weighted by Crippen LogP contribution is -2.28. The largest absolute Gasteiger partial charge is 0.444 e. The van der Waals surface area contributed by atoms with Crippen molar-refractivity contribution in [1.82, 2.24) is 0 Å². The number of aryl methyl sites for hydroxylation is 1. The number of nitrogens with one attached hydrogen (secondary N) is 1. The fourth-order valence-corrected chi connectivity index (χ4v) is 3.40. The summed E-state index contributed by atoms with van der Waals surface area (Å²) in [7, 11) is 1.61. The number of anilines is 2. The van der Waals surface area contributed by atoms with Gasteiger partial charge in [0.2, 0.25) is 0 Å². The van der Waals surface area contributed by atoms with Crippen molar-refractivity contribution in [1.29, 1.82) is 0 Å². The van der Waals surface area contributed by atoms with Gasteiger partial charge < -0.3 is 14.6 Å². The molecule has 2 aromatic carbocycles. The van der Waals surface area contributed by atoms with Crippen molar-refractivity contribution in [3.8, 4) is 0 Å². The molecule has 27 heavy (non-hydrogen) atoms. The second-order valence-corrected chi connectivity index (χ2v) is 7.60. The maximum atomic E-state index is 12.8. The summed E-state index contributed by atoms with van der Waals surface area (Å²) >= 11 is 6.60. The molecule has 0 aliphatic heterocycles. The van der Waals surface area contributed by atoms with E-state index in [1.807, 2.05) is 25.1 Å². The molecule has 5 nitrogen and oxygen atoms in total. The number of carbonyl (C=O) groups is 2. The molecular formula is C20H16Br2N2O3. The van der Waals surface area contributed by atoms with Crippen LogP contribution in [0.1, 0.15) is 26.5 Å². The molecule has 2 amide bonds. The van der Waals surface area contributed by atoms with E-state index < -0.39 is 0 Å². The Morgan fingerprint density at radius 3 is 2.44 bits per heavy atom. The maximum absolute atomic E-state index is 12.8. The third-order valence-corrected chi connectivity index (χ3v) is 4.95. The Bertz CT molecular complexity index is 1010. The van der Waals surface area contributed by atoms with Gasteiger partial charge in [-0.3, -0.25) is 9.59 Å². The first-order valence-electron chi connectivity index (χ1n) is 8.06. The normalized spacial score (nSPS) is 10.5. The summed E-state index contributed by atoms with van der Waals surface area (Å²) in [6, 6.07) is 15.8. The van der Waals surface area contributed by atoms with Crippen LogP contribution in [0.5, 0.6) is 0 Å². The van der Waals surface area contributed by atoms with Crippen molar-refractivity contribution < 1.29 is 14.0 Å². The van der Waals surface area contributed by atoms with Gasteiger partial charge in [0.15, 0.2) is 10.4 Å². The zero-order chi connectivity index (χ0) is 19.6. The molecule has 0 saturated carbocycles. The van der Waals surface area contributed by atoms with Crippen LogP contribution < -0.4 is 10.2 Å². The van der Waals surface area contributed by atoms with Crippen LogP contribution in [0.3, 0.4) is 0 Å². The summed E-state index contributed by atoms with van der Waals surface area (Å²) in [4.78, 5) is 26.9. The van der Waals surface area contributed by atoms with Gasteiger partial charge in [0.05, 0.1) is 11.3 Å². The minimum atomic E-state index is -0.347. The zero-order valence-corrected chi connectivity index (χ0v) is 17.8. The number of hydrogen-bond acceptors (Lipinski definition) is 3. The van der Waals surface area contributed by atoms with Crippen LogP contribution in [0.15, 0.2) is 68.2 Å². The number of amides is 2. The molecule has 138 valence electrons. The molecule has 1 aromatic heterocycles. The van der Waals surface area contributed by atoms with Crippen molar-refractivity contribution in [2.75, 3.05) is 17.3 Å². The Morgan fingerprint density at radius 1 is 1.04 bits per heavy atom. The number of para-hydroxylation sites is 1. The predicted octanol–water partition coefficient (Wildman–Crippen LogP) is 5.64. The van der Waals surface area contributed by atoms with Crippen LogP contribution in [0, 0.1) is 6.92 Å². The Balaban J connectivity index is 1.88. The van der Waals surface area contributed by atoms with Crippen LogP contribution in [0.4, 0.5) is 11.4 Å². The standard InChI is InChI=1S/C20H16Br2N2O3/c1-12-11-13(21)7-8-15(12)23-19(25)14-5-3-4-6-16(14)24(2)20(26)17-9-10-18(22)27-17/h3-11H,1-2H3,(H,23,25). The second kappa shape index (κ2) is 8.10. The molecule has 0 fully saturated rings. The first-order valence-corrected chi connectivity index (χ1v) is 9.65. The molecule has 0 radical (unpaired) electrons. The van der Waals surface area contributed by atoms with Gasteiger partial charge in [-0.1, -0.05) is 28.1 Å². The van der Waals surface area contributed by atoms with Crippen molar-refractivity contribution in [3.05, 3.63) is 80.6 Å². The van der Waals surface area contributed by atoms with E-state index in [1.54, 1.807) is 43.4 Å². The summed E-state index contributed by atoms with van der Waals surface area (Å²) < 4.78 is 6.74. The second-order valence-electron chi connectivity index (χ2n) is 5.90. The van der Waals surface area contributed by atoms with Crippen molar-refractivity contribution in [2.24, 2.45) is 0 Å². The quantitative estimate of drug-likeness (QED) is 0.513. The van der Waals surface area contributed by atoms with Crippen LogP contribution in [-0.4, -0.2) is 18.9 Å². The molecule has 3 rings (SSSR count). The summed E-state index contributed by atoms with van der Waals surface area (Å²) in [5.74, 6) is -0.458. The Kier molecular flexibility index (Phi) is 5.82. The van der Waals surface area contributed by atoms with Gasteiger partial charge in [-0.2, -0.15) is 0 Å². The third kappa shape index (κ3) is 4.31. The Hall–Kier alpha value is -2.38. The Morgan fingerprint density at radius 2 is 1.78 bits per heavy atom. The topological polar surface area (TPSA) is 62.6 Å². The number of benzene rings is 2. The maximum Gasteiger partial charge on any atom is 0.293 e. The number of rotatable bonds is 4. The molecule has 3 aromatic rings. The molecular weight excluding hydrogens is 476 g/mol. The van der Waals surface area contributed by atoms with Crippen molar-refractivity contribution in [2.45, 2.75) is 6.92 Å². The third-order valence-electron chi connectivity index (χ3n) is 4.04. The molecule has 1 heterocycles. The lowest BCUT2D eigenvalue weighted by molar-refractivity contribution is 0.0965. The van der Waals surface area contributed by atoms with E-state index in [1.165, 1.54) is 4.90 Å². The number of hydrogen-bond donors (Lipinski definition) is 1. The zero-order valence-electron chi connectivity index (χ0n) is 14.6. The fraction of sp³-hybridized carbons (Fsp3) is 0.100. The van der Waals surface area contributed by atoms with Crippen LogP contribution >= 0.6 is 31.9 Å². The molecule has 0 bridgehead atoms. The average molecular weight is 492 g/mol. The highest BCUT2D eigenvalue weighted by atomic mass is 79.9. The summed E-state index contributed by atoms with van der Waals surface area (Å²) in [6.07, 6.45) is 0. The molecule has 0 aliphatic rings. The minimum absolute atomic E-state index is 0.184. The summed E-state index contributed by atoms with van der Waals surface area (Å²) in [6.45, 7) is 1.91. The smallest absolute Gasteiger partial charge is 0.293 e. The van der Waals surface area contributed by atoms with E-state index in [9.17, 15) is 9.59 Å². The van der Waals surface area contributed by atoms with Gasteiger partial charge in [0.1, 0.15) is 0 Å². The van der Waals surface area contributed by atoms with Gasteiger partial charge in [-0.15, -0.1) is 0 Å². The molecule has 0 saturated heterocycles. The van der Waals surface area contributed by atoms with E-state index in [0.29, 0.717) is 21.6 Å². The van der Waals surface area contributed by atoms with E-state index in [4.69, 9.17) is 4.42 Å². The SMILES string of the molecule is Cc1cc(Br)ccc1NC(=O)c1ccccc1N(C)C(=O)c1ccc(Br)o1. The Labute approximate surface area is 173 Å². The highest BCUT2D eigenvalue weighted by Crippen LogP contribution is 2.25. The number of nitrogens with zero attached hydrogens (tertiary/aromatic N) is 1. The summed E-state index contributed by atoms with van der Waals surface area (Å²) in [5, 5.41) is 2.90. The highest BCUT2D eigenvalue weighted by molar-refractivity contribution is 9.10. The minimum Gasteiger partial charge on any atom is -0.444 e. The van der Waals surface area contributed by atoms with Crippen LogP contribution in [-0.2, 0) is 0 Å². The number of furan rings is 1. The average Bonchev–Trinajstić information content (AvgIpc) is 3.09. The van der Waals surface area contributed by atoms with E-state index >= 15 is 0 Å². The van der Waals surface area contributed by atoms with E-state index in [0.717, 1.165) is 10.0 Å². The van der Waals surface area contributed by atoms with Gasteiger partial charge in [-0.05, 0) is 70.9 Å². The lowest BCUT2D eigenvalue weighted by Gasteiger charge is -2.19. The van der Waals surface area contributed by atoms with Gasteiger partial charge in [0, 0.05) is 17.2 Å². The van der Waals surface area contributed by atoms with Crippen molar-refractivity contribution >= 4 is 55.0 Å². The van der Waals surface area contributed by atoms with Gasteiger partial charge in [-0.25, -0.2) is 0 Å². The fourth-order valence-electron chi connectivity index (χ4n) is 2.62. The molecule has 0 spiro atoms. The molecule has 7 heteroatoms. The first-order chi connectivity index (χ1) is 12.9. The van der Waals surface area contributed by atoms with E-state index in [-0.39, 0.29) is 17.6 Å². The van der Waals surface area contributed by atoms with Crippen molar-refractivity contribution in [3.63, 3.8) is 0 Å². The molecule has 0 unspecified atom stereocenters. The predicted molar refractivity (Wildman–Crippen MR) is 112 cm³/mol. The molecule has 0 aliphatic carbocycles. The first kappa shape index (κ1) is 19.4. The van der Waals surface area contributed by atoms with Crippen LogP contribution in [0.2, 0.25) is 0 Å². The summed E-state index contributed by atoms with van der Waals surface area (Å²) in [5.41, 5.74) is 2.52. The van der Waals surface area contributed by atoms with Gasteiger partial charge in [0.25, 0.3) is 11.8 Å². The molecule has 1 N–H and O–H groups in total. The molecule has 0 atom stereocenters.